The largest absolute Gasteiger partial charge is 0.489 e. The van der Waals surface area contributed by atoms with Gasteiger partial charge < -0.3 is 13.9 Å². The molecule has 8 heteroatoms. The molecule has 0 aliphatic carbocycles. The maximum atomic E-state index is 13.8. The molecule has 0 radical (unpaired) electrons. The molecular formula is C26H20ClF3O4. The van der Waals surface area contributed by atoms with E-state index in [2.05, 4.69) is 0 Å². The van der Waals surface area contributed by atoms with Crippen molar-refractivity contribution in [3.8, 4) is 17.2 Å². The summed E-state index contributed by atoms with van der Waals surface area (Å²) in [6.45, 7) is 5.52. The molecule has 4 rings (SSSR count). The second-order valence-corrected chi connectivity index (χ2v) is 8.31. The summed E-state index contributed by atoms with van der Waals surface area (Å²) in [5, 5.41) is 0.404. The van der Waals surface area contributed by atoms with E-state index in [1.165, 1.54) is 30.3 Å². The summed E-state index contributed by atoms with van der Waals surface area (Å²) < 4.78 is 57.8. The van der Waals surface area contributed by atoms with Crippen molar-refractivity contribution >= 4 is 22.6 Å². The fourth-order valence-corrected chi connectivity index (χ4v) is 3.65. The number of hydrogen-bond acceptors (Lipinski definition) is 4. The summed E-state index contributed by atoms with van der Waals surface area (Å²) in [5.41, 5.74) is 1.96. The SMILES string of the molecule is Cc1ccccc1COc1ccc2c(=O)c(Oc3cc(C)c(Cl)c(C)c3)c(C(F)(F)F)oc2c1. The fraction of sp³-hybridized carbons (Fsp3) is 0.192. The van der Waals surface area contributed by atoms with Crippen LogP contribution in [0.1, 0.15) is 28.0 Å². The van der Waals surface area contributed by atoms with Crippen molar-refractivity contribution < 1.29 is 27.1 Å². The summed E-state index contributed by atoms with van der Waals surface area (Å²) in [6.07, 6.45) is -4.96. The first kappa shape index (κ1) is 23.7. The van der Waals surface area contributed by atoms with Crippen molar-refractivity contribution in [1.82, 2.24) is 0 Å². The Morgan fingerprint density at radius 3 is 2.24 bits per heavy atom. The Morgan fingerprint density at radius 2 is 1.59 bits per heavy atom. The highest BCUT2D eigenvalue weighted by Gasteiger charge is 2.40. The molecule has 0 aliphatic heterocycles. The second-order valence-electron chi connectivity index (χ2n) is 7.93. The van der Waals surface area contributed by atoms with Gasteiger partial charge in [-0.25, -0.2) is 0 Å². The molecular weight excluding hydrogens is 469 g/mol. The van der Waals surface area contributed by atoms with Crippen LogP contribution in [-0.2, 0) is 12.8 Å². The molecule has 0 atom stereocenters. The third-order valence-corrected chi connectivity index (χ3v) is 5.96. The van der Waals surface area contributed by atoms with Crippen LogP contribution in [0, 0.1) is 20.8 Å². The first-order valence-electron chi connectivity index (χ1n) is 10.3. The molecule has 0 unspecified atom stereocenters. The molecule has 3 aromatic carbocycles. The number of halogens is 4. The van der Waals surface area contributed by atoms with Gasteiger partial charge in [-0.1, -0.05) is 35.9 Å². The van der Waals surface area contributed by atoms with E-state index in [4.69, 9.17) is 25.5 Å². The monoisotopic (exact) mass is 488 g/mol. The van der Waals surface area contributed by atoms with Crippen LogP contribution < -0.4 is 14.9 Å². The molecule has 0 aliphatic rings. The van der Waals surface area contributed by atoms with Gasteiger partial charge in [0.15, 0.2) is 0 Å². The summed E-state index contributed by atoms with van der Waals surface area (Å²) in [7, 11) is 0. The van der Waals surface area contributed by atoms with E-state index < -0.39 is 23.1 Å². The second kappa shape index (κ2) is 9.06. The van der Waals surface area contributed by atoms with Gasteiger partial charge in [-0.05, 0) is 67.3 Å². The first-order chi connectivity index (χ1) is 16.0. The normalized spacial score (nSPS) is 11.6. The molecule has 0 N–H and O–H groups in total. The van der Waals surface area contributed by atoms with Crippen LogP contribution >= 0.6 is 11.6 Å². The summed E-state index contributed by atoms with van der Waals surface area (Å²) in [6, 6.07) is 14.6. The van der Waals surface area contributed by atoms with E-state index in [1.807, 2.05) is 31.2 Å². The molecule has 0 bridgehead atoms. The van der Waals surface area contributed by atoms with Crippen LogP contribution in [0.25, 0.3) is 11.0 Å². The van der Waals surface area contributed by atoms with Gasteiger partial charge in [-0.2, -0.15) is 13.2 Å². The number of benzene rings is 3. The average Bonchev–Trinajstić information content (AvgIpc) is 2.77. The van der Waals surface area contributed by atoms with Gasteiger partial charge in [-0.3, -0.25) is 4.79 Å². The van der Waals surface area contributed by atoms with Crippen LogP contribution in [-0.4, -0.2) is 0 Å². The number of ether oxygens (including phenoxy) is 2. The molecule has 4 nitrogen and oxygen atoms in total. The van der Waals surface area contributed by atoms with E-state index in [9.17, 15) is 18.0 Å². The molecule has 1 heterocycles. The molecule has 0 amide bonds. The molecule has 0 saturated heterocycles. The molecule has 34 heavy (non-hydrogen) atoms. The molecule has 0 fully saturated rings. The van der Waals surface area contributed by atoms with Gasteiger partial charge in [0.25, 0.3) is 5.76 Å². The molecule has 176 valence electrons. The number of hydrogen-bond donors (Lipinski definition) is 0. The van der Waals surface area contributed by atoms with Crippen LogP contribution in [0.4, 0.5) is 13.2 Å². The van der Waals surface area contributed by atoms with Crippen LogP contribution in [0.15, 0.2) is 63.8 Å². The summed E-state index contributed by atoms with van der Waals surface area (Å²) in [4.78, 5) is 13.0. The minimum atomic E-state index is -4.96. The predicted molar refractivity (Wildman–Crippen MR) is 124 cm³/mol. The Morgan fingerprint density at radius 1 is 0.912 bits per heavy atom. The molecule has 0 saturated carbocycles. The van der Waals surface area contributed by atoms with Crippen LogP contribution in [0.2, 0.25) is 5.02 Å². The van der Waals surface area contributed by atoms with Crippen LogP contribution in [0.5, 0.6) is 17.2 Å². The fourth-order valence-electron chi connectivity index (χ4n) is 3.54. The molecule has 1 aromatic heterocycles. The lowest BCUT2D eigenvalue weighted by molar-refractivity contribution is -0.154. The van der Waals surface area contributed by atoms with E-state index in [0.717, 1.165) is 11.1 Å². The number of alkyl halides is 3. The third-order valence-electron chi connectivity index (χ3n) is 5.37. The third kappa shape index (κ3) is 4.75. The minimum absolute atomic E-state index is 0.0507. The Labute approximate surface area is 198 Å². The lowest BCUT2D eigenvalue weighted by Gasteiger charge is -2.15. The van der Waals surface area contributed by atoms with Gasteiger partial charge in [0, 0.05) is 11.1 Å². The lowest BCUT2D eigenvalue weighted by Crippen LogP contribution is -2.15. The van der Waals surface area contributed by atoms with Crippen molar-refractivity contribution in [1.29, 1.82) is 0 Å². The van der Waals surface area contributed by atoms with Gasteiger partial charge >= 0.3 is 6.18 Å². The molecule has 4 aromatic rings. The van der Waals surface area contributed by atoms with Gasteiger partial charge in [-0.15, -0.1) is 0 Å². The van der Waals surface area contributed by atoms with Crippen molar-refractivity contribution in [2.75, 3.05) is 0 Å². The Balaban J connectivity index is 1.75. The Bertz CT molecular complexity index is 1420. The average molecular weight is 489 g/mol. The highest BCUT2D eigenvalue weighted by Crippen LogP contribution is 2.39. The smallest absolute Gasteiger partial charge is 0.453 e. The number of aryl methyl sites for hydroxylation is 3. The zero-order valence-corrected chi connectivity index (χ0v) is 19.3. The van der Waals surface area contributed by atoms with Gasteiger partial charge in [0.1, 0.15) is 23.7 Å². The molecule has 0 spiro atoms. The predicted octanol–water partition coefficient (Wildman–Crippen LogP) is 7.76. The first-order valence-corrected chi connectivity index (χ1v) is 10.7. The van der Waals surface area contributed by atoms with E-state index >= 15 is 0 Å². The van der Waals surface area contributed by atoms with Crippen LogP contribution in [0.3, 0.4) is 0 Å². The Hall–Kier alpha value is -3.45. The zero-order chi connectivity index (χ0) is 24.6. The highest BCUT2D eigenvalue weighted by molar-refractivity contribution is 6.32. The standard InChI is InChI=1S/C26H20ClF3O4/c1-14-6-4-5-7-17(14)13-32-18-8-9-20-21(12-18)34-25(26(28,29)30)24(23(20)31)33-19-10-15(2)22(27)16(3)11-19/h4-12H,13H2,1-3H3. The Kier molecular flexibility index (Phi) is 6.32. The van der Waals surface area contributed by atoms with E-state index in [1.54, 1.807) is 13.8 Å². The maximum absolute atomic E-state index is 13.8. The number of fused-ring (bicyclic) bond motifs is 1. The number of rotatable bonds is 5. The van der Waals surface area contributed by atoms with Crippen molar-refractivity contribution in [2.24, 2.45) is 0 Å². The van der Waals surface area contributed by atoms with E-state index in [0.29, 0.717) is 16.1 Å². The lowest BCUT2D eigenvalue weighted by atomic mass is 10.1. The van der Waals surface area contributed by atoms with Gasteiger partial charge in [0.2, 0.25) is 11.2 Å². The zero-order valence-electron chi connectivity index (χ0n) is 18.5. The topological polar surface area (TPSA) is 48.7 Å². The summed E-state index contributed by atoms with van der Waals surface area (Å²) >= 11 is 6.13. The van der Waals surface area contributed by atoms with E-state index in [-0.39, 0.29) is 29.1 Å². The van der Waals surface area contributed by atoms with Crippen molar-refractivity contribution in [3.63, 3.8) is 0 Å². The maximum Gasteiger partial charge on any atom is 0.453 e. The minimum Gasteiger partial charge on any atom is -0.489 e. The highest BCUT2D eigenvalue weighted by atomic mass is 35.5. The summed E-state index contributed by atoms with van der Waals surface area (Å²) in [5.74, 6) is -2.14. The van der Waals surface area contributed by atoms with Crippen molar-refractivity contribution in [3.05, 3.63) is 97.9 Å². The van der Waals surface area contributed by atoms with Crippen molar-refractivity contribution in [2.45, 2.75) is 33.6 Å². The quantitative estimate of drug-likeness (QED) is 0.288. The van der Waals surface area contributed by atoms with Gasteiger partial charge in [0.05, 0.1) is 5.39 Å².